The Balaban J connectivity index is 0.00000261. The topological polar surface area (TPSA) is 72.3 Å². The lowest BCUT2D eigenvalue weighted by molar-refractivity contribution is 0.0691. The van der Waals surface area contributed by atoms with Crippen molar-refractivity contribution in [3.63, 3.8) is 0 Å². The Morgan fingerprint density at radius 2 is 2.00 bits per heavy atom. The van der Waals surface area contributed by atoms with Crippen LogP contribution in [0.4, 0.5) is 0 Å². The predicted octanol–water partition coefficient (Wildman–Crippen LogP) is 2.61. The Kier molecular flexibility index (Phi) is 7.21. The third-order valence-corrected chi connectivity index (χ3v) is 4.67. The number of hydrogen-bond acceptors (Lipinski definition) is 5. The Morgan fingerprint density at radius 3 is 2.63 bits per heavy atom. The van der Waals surface area contributed by atoms with Crippen LogP contribution in [0, 0.1) is 6.92 Å². The fourth-order valence-electron chi connectivity index (χ4n) is 3.26. The molecule has 1 amide bonds. The van der Waals surface area contributed by atoms with Crippen LogP contribution in [-0.4, -0.2) is 58.1 Å². The zero-order chi connectivity index (χ0) is 18.7. The molecule has 0 radical (unpaired) electrons. The lowest BCUT2D eigenvalue weighted by atomic mass is 10.1. The van der Waals surface area contributed by atoms with Gasteiger partial charge in [0.15, 0.2) is 5.69 Å². The van der Waals surface area contributed by atoms with Gasteiger partial charge in [-0.2, -0.15) is 0 Å². The van der Waals surface area contributed by atoms with Crippen LogP contribution in [0.25, 0.3) is 5.69 Å². The molecule has 3 rings (SSSR count). The lowest BCUT2D eigenvalue weighted by Crippen LogP contribution is -2.47. The zero-order valence-corrected chi connectivity index (χ0v) is 17.1. The summed E-state index contributed by atoms with van der Waals surface area (Å²) in [6, 6.07) is 7.99. The van der Waals surface area contributed by atoms with Crippen molar-refractivity contribution in [3.05, 3.63) is 35.7 Å². The Morgan fingerprint density at radius 1 is 1.30 bits per heavy atom. The van der Waals surface area contributed by atoms with Crippen LogP contribution in [0.3, 0.4) is 0 Å². The summed E-state index contributed by atoms with van der Waals surface area (Å²) in [6.45, 7) is 7.35. The molecule has 2 aromatic rings. The van der Waals surface area contributed by atoms with Gasteiger partial charge in [0.2, 0.25) is 0 Å². The number of nitrogens with zero attached hydrogens (tertiary/aromatic N) is 4. The standard InChI is InChI=1S/C19H27N5O2.ClH/c1-13(2)26-17-9-7-16(8-10-17)24-14(3)18(21-22-24)19(25)23-11-5-6-15(12-23)20-4;/h7-10,13,15,20H,5-6,11-12H2,1-4H3;1H. The molecule has 1 N–H and O–H groups in total. The number of benzene rings is 1. The third-order valence-electron chi connectivity index (χ3n) is 4.67. The molecule has 1 saturated heterocycles. The molecule has 1 unspecified atom stereocenters. The number of ether oxygens (including phenoxy) is 1. The molecule has 1 aromatic carbocycles. The molecule has 2 heterocycles. The average Bonchev–Trinajstić information content (AvgIpc) is 3.03. The first-order valence-electron chi connectivity index (χ1n) is 9.15. The number of hydrogen-bond donors (Lipinski definition) is 1. The van der Waals surface area contributed by atoms with Crippen molar-refractivity contribution in [1.29, 1.82) is 0 Å². The summed E-state index contributed by atoms with van der Waals surface area (Å²) >= 11 is 0. The van der Waals surface area contributed by atoms with Gasteiger partial charge in [0.25, 0.3) is 5.91 Å². The highest BCUT2D eigenvalue weighted by molar-refractivity contribution is 5.93. The number of piperidine rings is 1. The first kappa shape index (κ1) is 21.2. The number of amides is 1. The van der Waals surface area contributed by atoms with E-state index in [9.17, 15) is 4.79 Å². The summed E-state index contributed by atoms with van der Waals surface area (Å²) in [5.74, 6) is 0.762. The molecule has 8 heteroatoms. The van der Waals surface area contributed by atoms with Gasteiger partial charge in [-0.15, -0.1) is 17.5 Å². The molecule has 1 aromatic heterocycles. The molecule has 1 fully saturated rings. The van der Waals surface area contributed by atoms with Gasteiger partial charge < -0.3 is 15.0 Å². The van der Waals surface area contributed by atoms with Crippen LogP contribution >= 0.6 is 12.4 Å². The van der Waals surface area contributed by atoms with Gasteiger partial charge in [-0.25, -0.2) is 4.68 Å². The second-order valence-corrected chi connectivity index (χ2v) is 6.97. The molecular formula is C19H28ClN5O2. The van der Waals surface area contributed by atoms with Crippen molar-refractivity contribution in [2.24, 2.45) is 0 Å². The smallest absolute Gasteiger partial charge is 0.276 e. The molecule has 0 aliphatic carbocycles. The van der Waals surface area contributed by atoms with E-state index < -0.39 is 0 Å². The summed E-state index contributed by atoms with van der Waals surface area (Å²) in [7, 11) is 1.94. The van der Waals surface area contributed by atoms with Crippen LogP contribution in [0.5, 0.6) is 5.75 Å². The average molecular weight is 394 g/mol. The molecule has 148 valence electrons. The first-order chi connectivity index (χ1) is 12.5. The van der Waals surface area contributed by atoms with Gasteiger partial charge in [-0.05, 0) is 64.9 Å². The number of aromatic nitrogens is 3. The van der Waals surface area contributed by atoms with Crippen molar-refractivity contribution in [1.82, 2.24) is 25.2 Å². The van der Waals surface area contributed by atoms with Gasteiger partial charge in [0, 0.05) is 19.1 Å². The van der Waals surface area contributed by atoms with Gasteiger partial charge in [-0.3, -0.25) is 4.79 Å². The summed E-state index contributed by atoms with van der Waals surface area (Å²) < 4.78 is 7.37. The Labute approximate surface area is 166 Å². The number of likely N-dealkylation sites (tertiary alicyclic amines) is 1. The van der Waals surface area contributed by atoms with Crippen LogP contribution in [0.15, 0.2) is 24.3 Å². The third kappa shape index (κ3) is 4.78. The minimum atomic E-state index is -0.0477. The monoisotopic (exact) mass is 393 g/mol. The second kappa shape index (κ2) is 9.19. The van der Waals surface area contributed by atoms with Gasteiger partial charge >= 0.3 is 0 Å². The SMILES string of the molecule is CNC1CCCN(C(=O)c2nnn(-c3ccc(OC(C)C)cc3)c2C)C1.Cl. The Hall–Kier alpha value is -2.12. The molecule has 1 aliphatic heterocycles. The normalized spacial score (nSPS) is 16.9. The van der Waals surface area contributed by atoms with Crippen molar-refractivity contribution >= 4 is 18.3 Å². The number of rotatable bonds is 5. The van der Waals surface area contributed by atoms with E-state index in [0.717, 1.165) is 36.5 Å². The van der Waals surface area contributed by atoms with E-state index in [-0.39, 0.29) is 24.4 Å². The quantitative estimate of drug-likeness (QED) is 0.845. The minimum absolute atomic E-state index is 0. The summed E-state index contributed by atoms with van der Waals surface area (Å²) in [6.07, 6.45) is 2.22. The van der Waals surface area contributed by atoms with E-state index >= 15 is 0 Å². The molecule has 1 aliphatic rings. The van der Waals surface area contributed by atoms with E-state index in [0.29, 0.717) is 18.3 Å². The minimum Gasteiger partial charge on any atom is -0.491 e. The van der Waals surface area contributed by atoms with Crippen LogP contribution in [0.1, 0.15) is 42.9 Å². The molecular weight excluding hydrogens is 366 g/mol. The van der Waals surface area contributed by atoms with E-state index in [1.165, 1.54) is 0 Å². The summed E-state index contributed by atoms with van der Waals surface area (Å²) in [5.41, 5.74) is 2.03. The fraction of sp³-hybridized carbons (Fsp3) is 0.526. The number of halogens is 1. The van der Waals surface area contributed by atoms with Crippen LogP contribution in [-0.2, 0) is 0 Å². The van der Waals surface area contributed by atoms with E-state index in [2.05, 4.69) is 15.6 Å². The largest absolute Gasteiger partial charge is 0.491 e. The maximum Gasteiger partial charge on any atom is 0.276 e. The van der Waals surface area contributed by atoms with Crippen molar-refractivity contribution < 1.29 is 9.53 Å². The lowest BCUT2D eigenvalue weighted by Gasteiger charge is -2.32. The van der Waals surface area contributed by atoms with Crippen LogP contribution < -0.4 is 10.1 Å². The van der Waals surface area contributed by atoms with Gasteiger partial charge in [0.1, 0.15) is 5.75 Å². The molecule has 0 bridgehead atoms. The molecule has 7 nitrogen and oxygen atoms in total. The van der Waals surface area contributed by atoms with E-state index in [1.54, 1.807) is 4.68 Å². The van der Waals surface area contributed by atoms with Crippen molar-refractivity contribution in [2.45, 2.75) is 45.8 Å². The summed E-state index contributed by atoms with van der Waals surface area (Å²) in [5, 5.41) is 11.6. The number of nitrogens with one attached hydrogen (secondary N) is 1. The van der Waals surface area contributed by atoms with Gasteiger partial charge in [-0.1, -0.05) is 5.21 Å². The number of carbonyl (C=O) groups is 1. The van der Waals surface area contributed by atoms with Gasteiger partial charge in [0.05, 0.1) is 17.5 Å². The molecule has 0 saturated carbocycles. The first-order valence-corrected chi connectivity index (χ1v) is 9.15. The summed E-state index contributed by atoms with van der Waals surface area (Å²) in [4.78, 5) is 14.7. The predicted molar refractivity (Wildman–Crippen MR) is 107 cm³/mol. The van der Waals surface area contributed by atoms with Crippen molar-refractivity contribution in [2.75, 3.05) is 20.1 Å². The Bertz CT molecular complexity index is 760. The number of carbonyl (C=O) groups excluding carboxylic acids is 1. The number of likely N-dealkylation sites (N-methyl/N-ethyl adjacent to an activating group) is 1. The highest BCUT2D eigenvalue weighted by atomic mass is 35.5. The fourth-order valence-corrected chi connectivity index (χ4v) is 3.26. The highest BCUT2D eigenvalue weighted by Gasteiger charge is 2.27. The maximum atomic E-state index is 12.9. The highest BCUT2D eigenvalue weighted by Crippen LogP contribution is 2.20. The van der Waals surface area contributed by atoms with Crippen LogP contribution in [0.2, 0.25) is 0 Å². The van der Waals surface area contributed by atoms with E-state index in [1.807, 2.05) is 57.0 Å². The zero-order valence-electron chi connectivity index (χ0n) is 16.3. The van der Waals surface area contributed by atoms with Crippen molar-refractivity contribution in [3.8, 4) is 11.4 Å². The molecule has 27 heavy (non-hydrogen) atoms. The van der Waals surface area contributed by atoms with E-state index in [4.69, 9.17) is 4.74 Å². The molecule has 1 atom stereocenters. The second-order valence-electron chi connectivity index (χ2n) is 6.97. The maximum absolute atomic E-state index is 12.9. The molecule has 0 spiro atoms.